The van der Waals surface area contributed by atoms with Crippen molar-refractivity contribution in [1.82, 2.24) is 4.90 Å². The molecule has 5 nitrogen and oxygen atoms in total. The topological polar surface area (TPSA) is 63.5 Å². The number of carbonyl (C=O) groups excluding carboxylic acids is 1. The number of carbonyl (C=O) groups is 1. The number of amides is 1. The Morgan fingerprint density at radius 1 is 1.17 bits per heavy atom. The Hall–Kier alpha value is -2.40. The van der Waals surface area contributed by atoms with Crippen LogP contribution in [0.4, 0.5) is 5.69 Å². The van der Waals surface area contributed by atoms with Crippen LogP contribution in [0.5, 0.6) is 0 Å². The maximum Gasteiger partial charge on any atom is 0.283 e. The van der Waals surface area contributed by atoms with Gasteiger partial charge in [0.05, 0.1) is 4.92 Å². The summed E-state index contributed by atoms with van der Waals surface area (Å²) in [5.74, 6) is -0.409. The zero-order valence-electron chi connectivity index (χ0n) is 13.0. The third-order valence-electron chi connectivity index (χ3n) is 3.58. The lowest BCUT2D eigenvalue weighted by molar-refractivity contribution is -0.385. The minimum atomic E-state index is -0.594. The molecule has 0 N–H and O–H groups in total. The summed E-state index contributed by atoms with van der Waals surface area (Å²) in [5.41, 5.74) is 1.94. The molecule has 1 amide bonds. The van der Waals surface area contributed by atoms with Crippen LogP contribution in [0.15, 0.2) is 42.5 Å². The highest BCUT2D eigenvalue weighted by Crippen LogP contribution is 2.24. The van der Waals surface area contributed by atoms with Crippen LogP contribution in [0.3, 0.4) is 0 Å². The van der Waals surface area contributed by atoms with Gasteiger partial charge in [-0.3, -0.25) is 14.9 Å². The predicted octanol–water partition coefficient (Wildman–Crippen LogP) is 4.08. The van der Waals surface area contributed by atoms with Gasteiger partial charge in [-0.05, 0) is 29.7 Å². The Morgan fingerprint density at radius 2 is 1.78 bits per heavy atom. The molecular formula is C17H17ClN2O3. The van der Waals surface area contributed by atoms with Gasteiger partial charge < -0.3 is 4.90 Å². The van der Waals surface area contributed by atoms with Crippen LogP contribution in [-0.2, 0) is 13.0 Å². The van der Waals surface area contributed by atoms with Crippen molar-refractivity contribution >= 4 is 23.2 Å². The third-order valence-corrected chi connectivity index (χ3v) is 3.82. The Labute approximate surface area is 139 Å². The molecule has 0 aromatic heterocycles. The number of nitro benzene ring substituents is 1. The number of nitro groups is 1. The highest BCUT2D eigenvalue weighted by Gasteiger charge is 2.23. The van der Waals surface area contributed by atoms with E-state index in [1.807, 2.05) is 24.3 Å². The molecular weight excluding hydrogens is 316 g/mol. The summed E-state index contributed by atoms with van der Waals surface area (Å²) in [6, 6.07) is 12.0. The number of hydrogen-bond donors (Lipinski definition) is 0. The number of aryl methyl sites for hydroxylation is 1. The fraction of sp³-hybridized carbons (Fsp3) is 0.235. The number of rotatable bonds is 5. The second kappa shape index (κ2) is 7.24. The van der Waals surface area contributed by atoms with Gasteiger partial charge in [-0.25, -0.2) is 0 Å². The highest BCUT2D eigenvalue weighted by molar-refractivity contribution is 6.31. The number of benzene rings is 2. The average Bonchev–Trinajstić information content (AvgIpc) is 2.54. The van der Waals surface area contributed by atoms with Gasteiger partial charge in [-0.2, -0.15) is 0 Å². The van der Waals surface area contributed by atoms with Crippen LogP contribution >= 0.6 is 11.6 Å². The summed E-state index contributed by atoms with van der Waals surface area (Å²) in [4.78, 5) is 24.5. The van der Waals surface area contributed by atoms with Crippen LogP contribution in [0, 0.1) is 10.1 Å². The van der Waals surface area contributed by atoms with Crippen molar-refractivity contribution in [3.05, 3.63) is 74.3 Å². The quantitative estimate of drug-likeness (QED) is 0.612. The van der Waals surface area contributed by atoms with Gasteiger partial charge in [0, 0.05) is 24.7 Å². The van der Waals surface area contributed by atoms with Crippen molar-refractivity contribution in [1.29, 1.82) is 0 Å². The average molecular weight is 333 g/mol. The molecule has 2 rings (SSSR count). The lowest BCUT2D eigenvalue weighted by Gasteiger charge is -2.17. The first kappa shape index (κ1) is 17.0. The Bertz CT molecular complexity index is 729. The Kier molecular flexibility index (Phi) is 5.34. The van der Waals surface area contributed by atoms with Gasteiger partial charge in [-0.15, -0.1) is 0 Å². The number of halogens is 1. The third kappa shape index (κ3) is 4.07. The minimum absolute atomic E-state index is 0.0343. The molecule has 120 valence electrons. The smallest absolute Gasteiger partial charge is 0.283 e. The van der Waals surface area contributed by atoms with Gasteiger partial charge in [0.15, 0.2) is 0 Å². The molecule has 0 aliphatic rings. The van der Waals surface area contributed by atoms with E-state index < -0.39 is 10.8 Å². The molecule has 0 radical (unpaired) electrons. The van der Waals surface area contributed by atoms with E-state index >= 15 is 0 Å². The van der Waals surface area contributed by atoms with E-state index in [9.17, 15) is 14.9 Å². The van der Waals surface area contributed by atoms with Crippen LogP contribution in [0.1, 0.15) is 28.4 Å². The van der Waals surface area contributed by atoms with Gasteiger partial charge >= 0.3 is 0 Å². The van der Waals surface area contributed by atoms with Crippen LogP contribution < -0.4 is 0 Å². The molecule has 6 heteroatoms. The SMILES string of the molecule is CCc1ccc(CN(C)C(=O)c2ccc(Cl)cc2[N+](=O)[O-])cc1. The first-order valence-electron chi connectivity index (χ1n) is 7.19. The molecule has 0 saturated carbocycles. The van der Waals surface area contributed by atoms with E-state index in [-0.39, 0.29) is 16.3 Å². The minimum Gasteiger partial charge on any atom is -0.337 e. The predicted molar refractivity (Wildman–Crippen MR) is 89.7 cm³/mol. The van der Waals surface area contributed by atoms with Crippen LogP contribution in [0.25, 0.3) is 0 Å². The fourth-order valence-electron chi connectivity index (χ4n) is 2.27. The molecule has 0 saturated heterocycles. The lowest BCUT2D eigenvalue weighted by atomic mass is 10.1. The van der Waals surface area contributed by atoms with Crippen molar-refractivity contribution < 1.29 is 9.72 Å². The number of hydrogen-bond acceptors (Lipinski definition) is 3. The molecule has 23 heavy (non-hydrogen) atoms. The first-order valence-corrected chi connectivity index (χ1v) is 7.57. The summed E-state index contributed by atoms with van der Waals surface area (Å²) in [6.45, 7) is 2.45. The van der Waals surface area contributed by atoms with Crippen molar-refractivity contribution in [3.63, 3.8) is 0 Å². The van der Waals surface area contributed by atoms with Gasteiger partial charge in [-0.1, -0.05) is 42.8 Å². The van der Waals surface area contributed by atoms with Crippen molar-refractivity contribution in [2.24, 2.45) is 0 Å². The zero-order chi connectivity index (χ0) is 17.0. The van der Waals surface area contributed by atoms with Crippen molar-refractivity contribution in [2.45, 2.75) is 19.9 Å². The maximum atomic E-state index is 12.5. The second-order valence-corrected chi connectivity index (χ2v) is 5.69. The molecule has 0 aliphatic carbocycles. The maximum absolute atomic E-state index is 12.5. The first-order chi connectivity index (χ1) is 10.9. The lowest BCUT2D eigenvalue weighted by Crippen LogP contribution is -2.26. The molecule has 0 bridgehead atoms. The summed E-state index contributed by atoms with van der Waals surface area (Å²) in [5, 5.41) is 11.3. The van der Waals surface area contributed by atoms with Gasteiger partial charge in [0.2, 0.25) is 0 Å². The molecule has 2 aromatic rings. The zero-order valence-corrected chi connectivity index (χ0v) is 13.7. The molecule has 0 spiro atoms. The largest absolute Gasteiger partial charge is 0.337 e. The highest BCUT2D eigenvalue weighted by atomic mass is 35.5. The van der Waals surface area contributed by atoms with Crippen molar-refractivity contribution in [3.8, 4) is 0 Å². The molecule has 0 unspecified atom stereocenters. The Morgan fingerprint density at radius 3 is 2.35 bits per heavy atom. The molecule has 2 aromatic carbocycles. The second-order valence-electron chi connectivity index (χ2n) is 5.25. The molecule has 0 fully saturated rings. The molecule has 0 atom stereocenters. The van der Waals surface area contributed by atoms with E-state index in [0.29, 0.717) is 6.54 Å². The fourth-order valence-corrected chi connectivity index (χ4v) is 2.43. The van der Waals surface area contributed by atoms with Crippen molar-refractivity contribution in [2.75, 3.05) is 7.05 Å². The summed E-state index contributed by atoms with van der Waals surface area (Å²) >= 11 is 5.77. The summed E-state index contributed by atoms with van der Waals surface area (Å²) in [6.07, 6.45) is 0.950. The van der Waals surface area contributed by atoms with Crippen LogP contribution in [0.2, 0.25) is 5.02 Å². The van der Waals surface area contributed by atoms with E-state index in [1.54, 1.807) is 7.05 Å². The standard InChI is InChI=1S/C17H17ClN2O3/c1-3-12-4-6-13(7-5-12)11-19(2)17(21)15-9-8-14(18)10-16(15)20(22)23/h4-10H,3,11H2,1-2H3. The summed E-state index contributed by atoms with van der Waals surface area (Å²) in [7, 11) is 1.62. The van der Waals surface area contributed by atoms with E-state index in [4.69, 9.17) is 11.6 Å². The van der Waals surface area contributed by atoms with Crippen LogP contribution in [-0.4, -0.2) is 22.8 Å². The van der Waals surface area contributed by atoms with E-state index in [1.165, 1.54) is 28.7 Å². The summed E-state index contributed by atoms with van der Waals surface area (Å²) < 4.78 is 0. The number of nitrogens with zero attached hydrogens (tertiary/aromatic N) is 2. The van der Waals surface area contributed by atoms with Gasteiger partial charge in [0.25, 0.3) is 11.6 Å². The van der Waals surface area contributed by atoms with E-state index in [2.05, 4.69) is 6.92 Å². The molecule has 0 heterocycles. The monoisotopic (exact) mass is 332 g/mol. The Balaban J connectivity index is 2.20. The molecule has 0 aliphatic heterocycles. The normalized spacial score (nSPS) is 10.4. The van der Waals surface area contributed by atoms with Gasteiger partial charge in [0.1, 0.15) is 5.56 Å². The van der Waals surface area contributed by atoms with E-state index in [0.717, 1.165) is 12.0 Å².